The van der Waals surface area contributed by atoms with Crippen molar-refractivity contribution in [1.29, 1.82) is 0 Å². The number of halogens is 1. The summed E-state index contributed by atoms with van der Waals surface area (Å²) in [5, 5.41) is 16.1. The van der Waals surface area contributed by atoms with Crippen LogP contribution in [-0.2, 0) is 12.8 Å². The van der Waals surface area contributed by atoms with Gasteiger partial charge in [-0.15, -0.1) is 0 Å². The summed E-state index contributed by atoms with van der Waals surface area (Å²) in [6.07, 6.45) is 6.01. The first kappa shape index (κ1) is 17.9. The zero-order valence-electron chi connectivity index (χ0n) is 16.5. The van der Waals surface area contributed by atoms with Crippen molar-refractivity contribution in [2.24, 2.45) is 0 Å². The molecule has 3 aromatic heterocycles. The Morgan fingerprint density at radius 1 is 1.10 bits per heavy atom. The molecule has 0 saturated heterocycles. The molecule has 6 rings (SSSR count). The van der Waals surface area contributed by atoms with Crippen molar-refractivity contribution < 1.29 is 9.50 Å². The summed E-state index contributed by atoms with van der Waals surface area (Å²) in [6, 6.07) is 13.1. The van der Waals surface area contributed by atoms with Crippen LogP contribution in [0.4, 0.5) is 10.2 Å². The van der Waals surface area contributed by atoms with Gasteiger partial charge in [-0.25, -0.2) is 19.0 Å². The van der Waals surface area contributed by atoms with Gasteiger partial charge >= 0.3 is 0 Å². The first-order valence-corrected chi connectivity index (χ1v) is 10.2. The lowest BCUT2D eigenvalue weighted by atomic mass is 9.88. The number of phenolic OH excluding ortho intramolecular Hbond substituents is 1. The first-order chi connectivity index (χ1) is 15.1. The van der Waals surface area contributed by atoms with Crippen LogP contribution in [0.2, 0.25) is 0 Å². The molecule has 0 fully saturated rings. The van der Waals surface area contributed by atoms with E-state index in [0.717, 1.165) is 19.3 Å². The highest BCUT2D eigenvalue weighted by molar-refractivity contribution is 5.95. The molecule has 5 aromatic rings. The summed E-state index contributed by atoms with van der Waals surface area (Å²) in [4.78, 5) is 8.68. The summed E-state index contributed by atoms with van der Waals surface area (Å²) in [5.74, 6) is -0.183. The molecule has 0 saturated carbocycles. The summed E-state index contributed by atoms with van der Waals surface area (Å²) in [7, 11) is 0. The highest BCUT2D eigenvalue weighted by atomic mass is 19.1. The number of nitrogen functional groups attached to an aromatic ring is 1. The molecule has 31 heavy (non-hydrogen) atoms. The van der Waals surface area contributed by atoms with Crippen LogP contribution >= 0.6 is 0 Å². The molecular weight excluding hydrogens is 395 g/mol. The third-order valence-electron chi connectivity index (χ3n) is 6.15. The molecule has 0 aliphatic heterocycles. The lowest BCUT2D eigenvalue weighted by Crippen LogP contribution is -2.20. The molecule has 154 valence electrons. The number of phenols is 1. The van der Waals surface area contributed by atoms with Gasteiger partial charge in [-0.2, -0.15) is 5.10 Å². The van der Waals surface area contributed by atoms with Gasteiger partial charge in [0, 0.05) is 17.6 Å². The second-order valence-electron chi connectivity index (χ2n) is 7.94. The Kier molecular flexibility index (Phi) is 3.77. The maximum Gasteiger partial charge on any atom is 0.172 e. The van der Waals surface area contributed by atoms with E-state index in [4.69, 9.17) is 10.8 Å². The van der Waals surface area contributed by atoms with Crippen molar-refractivity contribution in [3.63, 3.8) is 0 Å². The Bertz CT molecular complexity index is 1470. The van der Waals surface area contributed by atoms with Crippen molar-refractivity contribution in [2.45, 2.75) is 25.3 Å². The summed E-state index contributed by atoms with van der Waals surface area (Å²) in [6.45, 7) is 0. The Hall–Kier alpha value is -3.94. The minimum atomic E-state index is -0.663. The maximum atomic E-state index is 13.8. The van der Waals surface area contributed by atoms with Crippen molar-refractivity contribution in [3.8, 4) is 11.6 Å². The van der Waals surface area contributed by atoms with Gasteiger partial charge in [-0.3, -0.25) is 4.57 Å². The van der Waals surface area contributed by atoms with Crippen molar-refractivity contribution in [3.05, 3.63) is 71.9 Å². The van der Waals surface area contributed by atoms with Gasteiger partial charge in [0.25, 0.3) is 0 Å². The van der Waals surface area contributed by atoms with Crippen LogP contribution in [0, 0.1) is 5.82 Å². The molecule has 1 aliphatic rings. The standard InChI is InChI=1S/C23H19FN6O/c24-17-10-15-7-8-29(18(15)11-19(17)31)23-20-21(25)26-12-27-22(20)30(28-23)16-6-5-13-3-1-2-4-14(13)9-16/h1-4,7-8,10-12,16,31H,5-6,9H2,(H2,25,26,27). The van der Waals surface area contributed by atoms with Gasteiger partial charge in [-0.1, -0.05) is 24.3 Å². The molecule has 0 radical (unpaired) electrons. The fourth-order valence-corrected chi connectivity index (χ4v) is 4.62. The van der Waals surface area contributed by atoms with Crippen LogP contribution < -0.4 is 5.73 Å². The Labute approximate surface area is 176 Å². The minimum absolute atomic E-state index is 0.133. The van der Waals surface area contributed by atoms with E-state index in [1.54, 1.807) is 16.8 Å². The van der Waals surface area contributed by atoms with Crippen LogP contribution in [0.15, 0.2) is 55.0 Å². The van der Waals surface area contributed by atoms with E-state index in [0.29, 0.717) is 33.6 Å². The molecule has 3 heterocycles. The predicted molar refractivity (Wildman–Crippen MR) is 116 cm³/mol. The third-order valence-corrected chi connectivity index (χ3v) is 6.15. The van der Waals surface area contributed by atoms with E-state index in [1.165, 1.54) is 29.6 Å². The molecule has 1 aliphatic carbocycles. The molecule has 0 amide bonds. The SMILES string of the molecule is Nc1ncnc2c1c(-n1ccc3cc(F)c(O)cc31)nn2C1CCc2ccccc2C1. The third kappa shape index (κ3) is 2.68. The van der Waals surface area contributed by atoms with Gasteiger partial charge in [0.2, 0.25) is 0 Å². The number of anilines is 1. The summed E-state index contributed by atoms with van der Waals surface area (Å²) in [5.41, 5.74) is 10.2. The number of aromatic nitrogens is 5. The summed E-state index contributed by atoms with van der Waals surface area (Å²) >= 11 is 0. The number of aryl methyl sites for hydroxylation is 1. The van der Waals surface area contributed by atoms with E-state index >= 15 is 0 Å². The van der Waals surface area contributed by atoms with Crippen LogP contribution in [0.5, 0.6) is 5.75 Å². The van der Waals surface area contributed by atoms with Gasteiger partial charge in [-0.05, 0) is 42.5 Å². The molecule has 3 N–H and O–H groups in total. The quantitative estimate of drug-likeness (QED) is 0.456. The molecule has 1 unspecified atom stereocenters. The fraction of sp³-hybridized carbons (Fsp3) is 0.174. The number of hydrogen-bond acceptors (Lipinski definition) is 5. The van der Waals surface area contributed by atoms with Crippen LogP contribution in [0.3, 0.4) is 0 Å². The number of nitrogens with zero attached hydrogens (tertiary/aromatic N) is 5. The van der Waals surface area contributed by atoms with Gasteiger partial charge in [0.15, 0.2) is 23.0 Å². The summed E-state index contributed by atoms with van der Waals surface area (Å²) < 4.78 is 17.6. The molecule has 1 atom stereocenters. The van der Waals surface area contributed by atoms with Crippen LogP contribution in [0.25, 0.3) is 27.8 Å². The molecule has 8 heteroatoms. The first-order valence-electron chi connectivity index (χ1n) is 10.2. The molecule has 0 spiro atoms. The molecular formula is C23H19FN6O. The predicted octanol–water partition coefficient (Wildman–Crippen LogP) is 3.93. The van der Waals surface area contributed by atoms with E-state index in [2.05, 4.69) is 34.2 Å². The lowest BCUT2D eigenvalue weighted by molar-refractivity contribution is 0.413. The second kappa shape index (κ2) is 6.53. The normalized spacial score (nSPS) is 16.1. The smallest absolute Gasteiger partial charge is 0.172 e. The van der Waals surface area contributed by atoms with Crippen molar-refractivity contribution >= 4 is 27.8 Å². The zero-order chi connectivity index (χ0) is 21.1. The van der Waals surface area contributed by atoms with Gasteiger partial charge < -0.3 is 10.8 Å². The largest absolute Gasteiger partial charge is 0.505 e. The highest BCUT2D eigenvalue weighted by Crippen LogP contribution is 2.35. The van der Waals surface area contributed by atoms with Gasteiger partial charge in [0.1, 0.15) is 17.5 Å². The monoisotopic (exact) mass is 414 g/mol. The maximum absolute atomic E-state index is 13.8. The average Bonchev–Trinajstić information content (AvgIpc) is 3.36. The van der Waals surface area contributed by atoms with E-state index in [9.17, 15) is 9.50 Å². The zero-order valence-corrected chi connectivity index (χ0v) is 16.5. The number of hydrogen-bond donors (Lipinski definition) is 2. The van der Waals surface area contributed by atoms with E-state index in [-0.39, 0.29) is 6.04 Å². The van der Waals surface area contributed by atoms with Gasteiger partial charge in [0.05, 0.1) is 11.6 Å². The molecule has 7 nitrogen and oxygen atoms in total. The minimum Gasteiger partial charge on any atom is -0.505 e. The van der Waals surface area contributed by atoms with E-state index < -0.39 is 11.6 Å². The number of nitrogens with two attached hydrogens (primary N) is 1. The number of fused-ring (bicyclic) bond motifs is 3. The highest BCUT2D eigenvalue weighted by Gasteiger charge is 2.26. The van der Waals surface area contributed by atoms with Crippen molar-refractivity contribution in [2.75, 3.05) is 5.73 Å². The van der Waals surface area contributed by atoms with Crippen LogP contribution in [-0.4, -0.2) is 29.4 Å². The van der Waals surface area contributed by atoms with E-state index in [1.807, 2.05) is 4.68 Å². The Morgan fingerprint density at radius 2 is 1.94 bits per heavy atom. The Balaban J connectivity index is 1.55. The fourth-order valence-electron chi connectivity index (χ4n) is 4.62. The second-order valence-corrected chi connectivity index (χ2v) is 7.94. The number of benzene rings is 2. The lowest BCUT2D eigenvalue weighted by Gasteiger charge is -2.25. The topological polar surface area (TPSA) is 94.8 Å². The average molecular weight is 414 g/mol. The van der Waals surface area contributed by atoms with Crippen molar-refractivity contribution in [1.82, 2.24) is 24.3 Å². The van der Waals surface area contributed by atoms with Crippen LogP contribution in [0.1, 0.15) is 23.6 Å². The number of rotatable bonds is 2. The number of aromatic hydroxyl groups is 1. The Morgan fingerprint density at radius 3 is 2.81 bits per heavy atom. The molecule has 0 bridgehead atoms. The molecule has 2 aromatic carbocycles.